The van der Waals surface area contributed by atoms with Crippen LogP contribution in [0.15, 0.2) is 62.0 Å². The third kappa shape index (κ3) is 9.93. The lowest BCUT2D eigenvalue weighted by Crippen LogP contribution is -2.39. The maximum Gasteiger partial charge on any atom is 0.272 e. The molecule has 58 heavy (non-hydrogen) atoms. The van der Waals surface area contributed by atoms with Gasteiger partial charge in [0.05, 0.1) is 50.3 Å². The van der Waals surface area contributed by atoms with Gasteiger partial charge in [-0.1, -0.05) is 0 Å². The van der Waals surface area contributed by atoms with Crippen molar-refractivity contribution >= 4 is 33.6 Å². The number of carbonyl (C=O) groups is 2. The minimum absolute atomic E-state index is 0.113. The Morgan fingerprint density at radius 1 is 0.707 bits per heavy atom. The molecule has 308 valence electrons. The lowest BCUT2D eigenvalue weighted by Gasteiger charge is -2.29. The van der Waals surface area contributed by atoms with Gasteiger partial charge in [-0.2, -0.15) is 10.2 Å². The Balaban J connectivity index is 0.000000177. The Morgan fingerprint density at radius 3 is 1.74 bits per heavy atom. The van der Waals surface area contributed by atoms with Gasteiger partial charge in [-0.25, -0.2) is 19.9 Å². The standard InChI is InChI=1S/2C20H26N6O3/c1-25-19-14(12-22-25)11-17(26-8-7-21-13-26)24-18(19)20(27)23-15-3-5-16(6-4-15)29-10-9-28-2;1-25-12-14-11-17(26-8-7-21-13-26)23-19(18(14)24-25)20(27)22-15-3-5-16(6-4-15)29-10-9-28-2/h7-8,11-13,15-16H,3-6,9-10H2,1-2H3,(H,23,27);7-8,11-13,15-16H,3-6,9-10H2,1-2H3,(H,22,27). The van der Waals surface area contributed by atoms with Gasteiger partial charge in [-0.05, 0) is 63.5 Å². The molecule has 2 N–H and O–H groups in total. The SMILES string of the molecule is COCCOC1CCC(NC(=O)c2nc(-n3ccnc3)cc3cn(C)nc23)CC1.COCCOC1CCC(NC(=O)c2nc(-n3ccnc3)cc3cnn(C)c23)CC1. The lowest BCUT2D eigenvalue weighted by molar-refractivity contribution is -0.00410. The molecule has 0 atom stereocenters. The number of hydrogen-bond acceptors (Lipinski definition) is 12. The third-order valence-corrected chi connectivity index (χ3v) is 10.6. The lowest BCUT2D eigenvalue weighted by atomic mass is 9.93. The van der Waals surface area contributed by atoms with Crippen molar-refractivity contribution in [1.29, 1.82) is 0 Å². The van der Waals surface area contributed by atoms with Crippen LogP contribution in [-0.4, -0.2) is 125 Å². The van der Waals surface area contributed by atoms with Gasteiger partial charge in [0, 0.05) is 82.2 Å². The zero-order valence-corrected chi connectivity index (χ0v) is 33.5. The first-order chi connectivity index (χ1) is 28.3. The molecule has 2 amide bonds. The monoisotopic (exact) mass is 796 g/mol. The van der Waals surface area contributed by atoms with E-state index in [0.29, 0.717) is 55.0 Å². The van der Waals surface area contributed by atoms with Crippen LogP contribution in [0.5, 0.6) is 0 Å². The van der Waals surface area contributed by atoms with E-state index in [2.05, 4.69) is 40.8 Å². The van der Waals surface area contributed by atoms with Crippen LogP contribution in [0.25, 0.3) is 33.4 Å². The van der Waals surface area contributed by atoms with Crippen LogP contribution in [0, 0.1) is 0 Å². The maximum absolute atomic E-state index is 13.1. The van der Waals surface area contributed by atoms with Gasteiger partial charge in [0.1, 0.15) is 29.8 Å². The molecule has 8 rings (SSSR count). The summed E-state index contributed by atoms with van der Waals surface area (Å²) in [6.45, 7) is 2.44. The van der Waals surface area contributed by atoms with Crippen molar-refractivity contribution in [2.45, 2.75) is 75.7 Å². The van der Waals surface area contributed by atoms with Crippen LogP contribution in [0.1, 0.15) is 72.3 Å². The Morgan fingerprint density at radius 2 is 1.22 bits per heavy atom. The topological polar surface area (TPSA) is 192 Å². The number of hydrogen-bond donors (Lipinski definition) is 2. The van der Waals surface area contributed by atoms with Gasteiger partial charge < -0.3 is 29.6 Å². The highest BCUT2D eigenvalue weighted by Gasteiger charge is 2.27. The predicted octanol–water partition coefficient (Wildman–Crippen LogP) is 3.72. The summed E-state index contributed by atoms with van der Waals surface area (Å²) in [5, 5.41) is 16.8. The molecule has 0 unspecified atom stereocenters. The molecule has 2 saturated carbocycles. The van der Waals surface area contributed by atoms with E-state index in [1.54, 1.807) is 76.4 Å². The van der Waals surface area contributed by atoms with Gasteiger partial charge in [-0.3, -0.25) is 28.1 Å². The van der Waals surface area contributed by atoms with E-state index in [1.165, 1.54) is 0 Å². The number of fused-ring (bicyclic) bond motifs is 2. The third-order valence-electron chi connectivity index (χ3n) is 10.6. The molecule has 2 fully saturated rings. The van der Waals surface area contributed by atoms with Crippen molar-refractivity contribution in [3.8, 4) is 11.6 Å². The number of rotatable bonds is 14. The average molecular weight is 797 g/mol. The molecule has 0 saturated heterocycles. The first kappa shape index (κ1) is 40.6. The number of pyridine rings is 2. The zero-order chi connectivity index (χ0) is 40.4. The number of amides is 2. The number of aromatic nitrogens is 10. The van der Waals surface area contributed by atoms with Crippen LogP contribution in [-0.2, 0) is 33.0 Å². The maximum atomic E-state index is 13.1. The molecule has 6 aromatic rings. The van der Waals surface area contributed by atoms with Crippen LogP contribution in [0.4, 0.5) is 0 Å². The molecular weight excluding hydrogens is 745 g/mol. The molecule has 0 aromatic carbocycles. The van der Waals surface area contributed by atoms with Gasteiger partial charge in [-0.15, -0.1) is 0 Å². The molecular formula is C40H52N12O6. The van der Waals surface area contributed by atoms with Gasteiger partial charge in [0.25, 0.3) is 11.8 Å². The largest absolute Gasteiger partial charge is 0.382 e. The van der Waals surface area contributed by atoms with Crippen LogP contribution >= 0.6 is 0 Å². The zero-order valence-electron chi connectivity index (χ0n) is 33.5. The highest BCUT2D eigenvalue weighted by atomic mass is 16.5. The molecule has 6 aromatic heterocycles. The molecule has 2 aliphatic rings. The van der Waals surface area contributed by atoms with E-state index in [1.807, 2.05) is 32.4 Å². The van der Waals surface area contributed by atoms with E-state index < -0.39 is 0 Å². The van der Waals surface area contributed by atoms with Crippen LogP contribution in [0.2, 0.25) is 0 Å². The number of nitrogens with one attached hydrogen (secondary N) is 2. The average Bonchev–Trinajstić information content (AvgIpc) is 4.08. The summed E-state index contributed by atoms with van der Waals surface area (Å²) in [5.41, 5.74) is 2.04. The predicted molar refractivity (Wildman–Crippen MR) is 214 cm³/mol. The highest BCUT2D eigenvalue weighted by molar-refractivity contribution is 6.05. The van der Waals surface area contributed by atoms with Crippen molar-refractivity contribution < 1.29 is 28.5 Å². The van der Waals surface area contributed by atoms with Crippen LogP contribution < -0.4 is 10.6 Å². The quantitative estimate of drug-likeness (QED) is 0.152. The number of aryl methyl sites for hydroxylation is 2. The molecule has 6 heterocycles. The number of nitrogens with zero attached hydrogens (tertiary/aromatic N) is 10. The molecule has 0 radical (unpaired) electrons. The van der Waals surface area contributed by atoms with Crippen molar-refractivity contribution in [1.82, 2.24) is 59.3 Å². The highest BCUT2D eigenvalue weighted by Crippen LogP contribution is 2.25. The summed E-state index contributed by atoms with van der Waals surface area (Å²) in [4.78, 5) is 43.5. The normalized spacial score (nSPS) is 19.5. The summed E-state index contributed by atoms with van der Waals surface area (Å²) < 4.78 is 28.6. The van der Waals surface area contributed by atoms with Gasteiger partial charge in [0.15, 0.2) is 11.4 Å². The number of ether oxygens (including phenoxy) is 4. The van der Waals surface area contributed by atoms with E-state index >= 15 is 0 Å². The van der Waals surface area contributed by atoms with Crippen molar-refractivity contribution in [3.63, 3.8) is 0 Å². The molecule has 18 nitrogen and oxygen atoms in total. The first-order valence-electron chi connectivity index (χ1n) is 19.8. The summed E-state index contributed by atoms with van der Waals surface area (Å²) in [5.74, 6) is 0.913. The van der Waals surface area contributed by atoms with Crippen molar-refractivity contribution in [2.24, 2.45) is 14.1 Å². The number of methoxy groups -OCH3 is 2. The Labute approximate surface area is 336 Å². The fourth-order valence-electron chi connectivity index (χ4n) is 7.55. The minimum Gasteiger partial charge on any atom is -0.382 e. The van der Waals surface area contributed by atoms with Crippen molar-refractivity contribution in [2.75, 3.05) is 40.6 Å². The first-order valence-corrected chi connectivity index (χ1v) is 19.8. The fraction of sp³-hybridized carbons (Fsp3) is 0.500. The van der Waals surface area contributed by atoms with E-state index in [4.69, 9.17) is 18.9 Å². The second-order valence-electron chi connectivity index (χ2n) is 14.7. The molecule has 0 bridgehead atoms. The Kier molecular flexibility index (Phi) is 13.5. The summed E-state index contributed by atoms with van der Waals surface area (Å²) in [6.07, 6.45) is 21.7. The number of carbonyl (C=O) groups excluding carboxylic acids is 2. The summed E-state index contributed by atoms with van der Waals surface area (Å²) in [6, 6.07) is 4.04. The minimum atomic E-state index is -0.195. The Bertz CT molecular complexity index is 2200. The van der Waals surface area contributed by atoms with E-state index in [9.17, 15) is 9.59 Å². The van der Waals surface area contributed by atoms with E-state index in [-0.39, 0.29) is 36.1 Å². The van der Waals surface area contributed by atoms with Crippen molar-refractivity contribution in [3.05, 3.63) is 73.4 Å². The second kappa shape index (κ2) is 19.3. The van der Waals surface area contributed by atoms with E-state index in [0.717, 1.165) is 67.7 Å². The fourth-order valence-corrected chi connectivity index (χ4v) is 7.55. The van der Waals surface area contributed by atoms with Gasteiger partial charge >= 0.3 is 0 Å². The van der Waals surface area contributed by atoms with Gasteiger partial charge in [0.2, 0.25) is 0 Å². The summed E-state index contributed by atoms with van der Waals surface area (Å²) in [7, 11) is 7.00. The smallest absolute Gasteiger partial charge is 0.272 e. The molecule has 2 aliphatic carbocycles. The second-order valence-corrected chi connectivity index (χ2v) is 14.7. The molecule has 0 spiro atoms. The number of imidazole rings is 2. The Hall–Kier alpha value is -5.56. The van der Waals surface area contributed by atoms with Crippen LogP contribution in [0.3, 0.4) is 0 Å². The molecule has 0 aliphatic heterocycles. The summed E-state index contributed by atoms with van der Waals surface area (Å²) >= 11 is 0. The molecule has 18 heteroatoms.